The van der Waals surface area contributed by atoms with Crippen LogP contribution in [0.4, 0.5) is 0 Å². The van der Waals surface area contributed by atoms with Crippen molar-refractivity contribution in [1.82, 2.24) is 19.6 Å². The highest BCUT2D eigenvalue weighted by Crippen LogP contribution is 2.51. The van der Waals surface area contributed by atoms with Crippen molar-refractivity contribution in [2.75, 3.05) is 50.8 Å². The van der Waals surface area contributed by atoms with E-state index in [0.717, 1.165) is 68.9 Å². The van der Waals surface area contributed by atoms with Gasteiger partial charge in [0.15, 0.2) is 6.17 Å². The topological polar surface area (TPSA) is 48.2 Å². The van der Waals surface area contributed by atoms with E-state index < -0.39 is 5.85 Å². The van der Waals surface area contributed by atoms with Crippen molar-refractivity contribution in [2.45, 2.75) is 57.0 Å². The zero-order valence-corrected chi connectivity index (χ0v) is 18.1. The van der Waals surface area contributed by atoms with Crippen LogP contribution in [0.2, 0.25) is 0 Å². The van der Waals surface area contributed by atoms with Crippen molar-refractivity contribution < 1.29 is 4.74 Å². The molecule has 0 aromatic carbocycles. The Kier molecular flexibility index (Phi) is 6.33. The van der Waals surface area contributed by atoms with Crippen molar-refractivity contribution >= 4 is 11.8 Å². The number of ether oxygens (including phenoxy) is 1. The fourth-order valence-electron chi connectivity index (χ4n) is 5.30. The Labute approximate surface area is 174 Å². The average molecular weight is 408 g/mol. The molecular formula is C21H37N5OS. The quantitative estimate of drug-likeness (QED) is 0.651. The minimum atomic E-state index is -0.457. The molecule has 0 aromatic rings. The highest BCUT2D eigenvalue weighted by molar-refractivity contribution is 7.99. The van der Waals surface area contributed by atoms with Crippen LogP contribution < -0.4 is 5.73 Å². The first-order chi connectivity index (χ1) is 13.7. The molecule has 4 heterocycles. The van der Waals surface area contributed by atoms with Gasteiger partial charge in [-0.25, -0.2) is 0 Å². The summed E-state index contributed by atoms with van der Waals surface area (Å²) in [5.41, 5.74) is 5.62. The number of nitrogens with zero attached hydrogens (tertiary/aromatic N) is 4. The Bertz CT molecular complexity index is 547. The van der Waals surface area contributed by atoms with Crippen LogP contribution in [0.3, 0.4) is 0 Å². The van der Waals surface area contributed by atoms with Crippen molar-refractivity contribution in [3.05, 3.63) is 24.8 Å². The molecule has 4 bridgehead atoms. The van der Waals surface area contributed by atoms with Crippen LogP contribution >= 0.6 is 11.8 Å². The molecule has 0 atom stereocenters. The van der Waals surface area contributed by atoms with E-state index in [1.807, 2.05) is 11.8 Å². The molecule has 0 aliphatic carbocycles. The maximum atomic E-state index is 6.89. The van der Waals surface area contributed by atoms with E-state index in [2.05, 4.69) is 32.8 Å². The zero-order valence-electron chi connectivity index (χ0n) is 17.3. The summed E-state index contributed by atoms with van der Waals surface area (Å²) in [4.78, 5) is 9.97. The van der Waals surface area contributed by atoms with Crippen LogP contribution in [-0.4, -0.2) is 82.5 Å². The van der Waals surface area contributed by atoms with Crippen LogP contribution in [-0.2, 0) is 4.74 Å². The van der Waals surface area contributed by atoms with Gasteiger partial charge in [0, 0.05) is 38.5 Å². The van der Waals surface area contributed by atoms with E-state index in [9.17, 15) is 0 Å². The summed E-state index contributed by atoms with van der Waals surface area (Å²) in [6.07, 6.45) is 8.67. The van der Waals surface area contributed by atoms with Crippen molar-refractivity contribution in [1.29, 1.82) is 0 Å². The maximum absolute atomic E-state index is 6.89. The monoisotopic (exact) mass is 407 g/mol. The molecule has 6 nitrogen and oxygen atoms in total. The molecule has 4 aliphatic rings. The van der Waals surface area contributed by atoms with E-state index in [1.54, 1.807) is 0 Å². The summed E-state index contributed by atoms with van der Waals surface area (Å²) < 4.78 is 6.89. The number of hydrogen-bond donors (Lipinski definition) is 1. The summed E-state index contributed by atoms with van der Waals surface area (Å²) in [6.45, 7) is 14.7. The molecule has 28 heavy (non-hydrogen) atoms. The lowest BCUT2D eigenvalue weighted by atomic mass is 10.2. The molecule has 0 radical (unpaired) electrons. The van der Waals surface area contributed by atoms with Crippen LogP contribution in [0.25, 0.3) is 0 Å². The Hall–Kier alpha value is -1.05. The third-order valence-electron chi connectivity index (χ3n) is 6.56. The average Bonchev–Trinajstić information content (AvgIpc) is 3.08. The first-order valence-electron chi connectivity index (χ1n) is 11.1. The molecule has 4 fully saturated rings. The Morgan fingerprint density at radius 1 is 0.893 bits per heavy atom. The third-order valence-corrected chi connectivity index (χ3v) is 7.66. The van der Waals surface area contributed by atoms with Gasteiger partial charge < -0.3 is 30.1 Å². The minimum Gasteiger partial charge on any atom is -0.335 e. The normalized spacial score (nSPS) is 30.2. The molecule has 7 heteroatoms. The smallest absolute Gasteiger partial charge is 0.265 e. The largest absolute Gasteiger partial charge is 0.335 e. The second-order valence-corrected chi connectivity index (χ2v) is 9.50. The molecule has 0 spiro atoms. The van der Waals surface area contributed by atoms with Gasteiger partial charge in [-0.3, -0.25) is 0 Å². The molecule has 0 aromatic heterocycles. The van der Waals surface area contributed by atoms with Gasteiger partial charge in [-0.05, 0) is 50.7 Å². The molecule has 4 aliphatic heterocycles. The second-order valence-electron chi connectivity index (χ2n) is 8.28. The van der Waals surface area contributed by atoms with Crippen molar-refractivity contribution in [3.8, 4) is 0 Å². The summed E-state index contributed by atoms with van der Waals surface area (Å²) in [6, 6.07) is 0. The number of nitrogens with two attached hydrogens (primary N) is 1. The number of rotatable bonds is 7. The maximum Gasteiger partial charge on any atom is 0.265 e. The first kappa shape index (κ1) is 20.2. The predicted octanol–water partition coefficient (Wildman–Crippen LogP) is 2.61. The van der Waals surface area contributed by atoms with E-state index >= 15 is 0 Å². The molecule has 4 saturated heterocycles. The van der Waals surface area contributed by atoms with Crippen molar-refractivity contribution in [3.63, 3.8) is 0 Å². The zero-order chi connectivity index (χ0) is 19.6. The van der Waals surface area contributed by atoms with Gasteiger partial charge in [0.1, 0.15) is 11.6 Å². The third kappa shape index (κ3) is 3.29. The molecule has 0 unspecified atom stereocenters. The standard InChI is InChI=1S/C21H37N5OS/c1-18-23-11-5-3-7-13-25(18)21(27-15-9-16-28-17-10-22)20(23)24-12-6-4-8-14-26(21)19(24)2/h20H,1-17,22H2. The fourth-order valence-corrected chi connectivity index (χ4v) is 5.99. The Morgan fingerprint density at radius 2 is 1.46 bits per heavy atom. The molecule has 0 saturated carbocycles. The fraction of sp³-hybridized carbons (Fsp3) is 0.810. The van der Waals surface area contributed by atoms with Crippen LogP contribution in [0.1, 0.15) is 44.9 Å². The van der Waals surface area contributed by atoms with Crippen molar-refractivity contribution in [2.24, 2.45) is 5.73 Å². The van der Waals surface area contributed by atoms with E-state index in [0.29, 0.717) is 0 Å². The first-order valence-corrected chi connectivity index (χ1v) is 12.3. The highest BCUT2D eigenvalue weighted by Gasteiger charge is 2.66. The predicted molar refractivity (Wildman–Crippen MR) is 116 cm³/mol. The van der Waals surface area contributed by atoms with E-state index in [1.165, 1.54) is 38.5 Å². The second kappa shape index (κ2) is 8.76. The Balaban J connectivity index is 1.62. The van der Waals surface area contributed by atoms with Crippen LogP contribution in [0, 0.1) is 0 Å². The van der Waals surface area contributed by atoms with Crippen LogP contribution in [0.5, 0.6) is 0 Å². The number of thioether (sulfide) groups is 1. The SMILES string of the molecule is C=C1N2CCCCCN1C1(OCCCSCCN)C2N2CCCCCN1C2=C. The number of fused-ring (bicyclic) bond motifs is 9. The lowest BCUT2D eigenvalue weighted by molar-refractivity contribution is -0.213. The summed E-state index contributed by atoms with van der Waals surface area (Å²) in [5, 5.41) is 0. The van der Waals surface area contributed by atoms with Gasteiger partial charge in [-0.2, -0.15) is 11.8 Å². The van der Waals surface area contributed by atoms with Gasteiger partial charge in [0.2, 0.25) is 0 Å². The summed E-state index contributed by atoms with van der Waals surface area (Å²) >= 11 is 1.92. The molecule has 2 N–H and O–H groups in total. The molecular weight excluding hydrogens is 370 g/mol. The van der Waals surface area contributed by atoms with Gasteiger partial charge >= 0.3 is 0 Å². The molecule has 4 rings (SSSR count). The van der Waals surface area contributed by atoms with Gasteiger partial charge in [-0.1, -0.05) is 13.2 Å². The minimum absolute atomic E-state index is 0.181. The summed E-state index contributed by atoms with van der Waals surface area (Å²) in [5.74, 6) is 3.96. The number of hydrogen-bond acceptors (Lipinski definition) is 7. The lowest BCUT2D eigenvalue weighted by Gasteiger charge is -2.44. The van der Waals surface area contributed by atoms with Gasteiger partial charge in [-0.15, -0.1) is 0 Å². The van der Waals surface area contributed by atoms with Crippen LogP contribution in [0.15, 0.2) is 24.8 Å². The lowest BCUT2D eigenvalue weighted by Crippen LogP contribution is -2.61. The van der Waals surface area contributed by atoms with Gasteiger partial charge in [0.25, 0.3) is 5.85 Å². The molecule has 0 amide bonds. The van der Waals surface area contributed by atoms with E-state index in [-0.39, 0.29) is 6.17 Å². The highest BCUT2D eigenvalue weighted by atomic mass is 32.2. The Morgan fingerprint density at radius 3 is 2.04 bits per heavy atom. The van der Waals surface area contributed by atoms with E-state index in [4.69, 9.17) is 10.5 Å². The summed E-state index contributed by atoms with van der Waals surface area (Å²) in [7, 11) is 0. The van der Waals surface area contributed by atoms with Gasteiger partial charge in [0.05, 0.1) is 6.61 Å². The molecule has 158 valence electrons.